The number of nitrogens with two attached hydrogens (primary N) is 2. The van der Waals surface area contributed by atoms with E-state index in [1.807, 2.05) is 26.0 Å². The van der Waals surface area contributed by atoms with Crippen molar-refractivity contribution < 1.29 is 23.9 Å². The number of methoxy groups -OCH3 is 1. The Morgan fingerprint density at radius 1 is 1.21 bits per heavy atom. The molecule has 1 aliphatic heterocycles. The van der Waals surface area contributed by atoms with Crippen molar-refractivity contribution >= 4 is 40.6 Å². The number of hydrogen-bond acceptors (Lipinski definition) is 8. The molecule has 1 aromatic heterocycles. The molecule has 0 bridgehead atoms. The first-order valence-electron chi connectivity index (χ1n) is 12.2. The fourth-order valence-corrected chi connectivity index (χ4v) is 5.24. The summed E-state index contributed by atoms with van der Waals surface area (Å²) in [6.07, 6.45) is 1.69. The molecule has 2 unspecified atom stereocenters. The van der Waals surface area contributed by atoms with Crippen molar-refractivity contribution in [2.45, 2.75) is 38.8 Å². The summed E-state index contributed by atoms with van der Waals surface area (Å²) in [5, 5.41) is 2.97. The molecule has 1 saturated heterocycles. The molecule has 1 aliphatic rings. The van der Waals surface area contributed by atoms with Gasteiger partial charge in [-0.25, -0.2) is 0 Å². The molecular weight excluding hydrogens is 506 g/mol. The summed E-state index contributed by atoms with van der Waals surface area (Å²) in [5.41, 5.74) is 14.1. The van der Waals surface area contributed by atoms with Gasteiger partial charge in [0.15, 0.2) is 5.69 Å². The van der Waals surface area contributed by atoms with Crippen molar-refractivity contribution in [3.05, 3.63) is 69.7 Å². The average Bonchev–Trinajstić information content (AvgIpc) is 3.56. The van der Waals surface area contributed by atoms with Crippen LogP contribution >= 0.6 is 11.5 Å². The monoisotopic (exact) mass is 537 g/mol. The number of nitrogens with zero attached hydrogens (tertiary/aromatic N) is 2. The van der Waals surface area contributed by atoms with Crippen LogP contribution in [0.15, 0.2) is 42.5 Å². The zero-order valence-electron chi connectivity index (χ0n) is 21.5. The highest BCUT2D eigenvalue weighted by molar-refractivity contribution is 7.09. The van der Waals surface area contributed by atoms with Gasteiger partial charge in [-0.1, -0.05) is 29.8 Å². The Balaban J connectivity index is 1.84. The number of aryl methyl sites for hydroxylation is 2. The number of rotatable bonds is 9. The topological polar surface area (TPSA) is 150 Å². The SMILES string of the molecule is COc1ccc(C(C(=O)NCC2CCCO2)N(C(=O)c2snc(C(N)=O)c2N)c2ccc(C)cc2C)cc1. The number of amides is 3. The first kappa shape index (κ1) is 27.1. The number of anilines is 2. The van der Waals surface area contributed by atoms with Crippen LogP contribution in [0.1, 0.15) is 55.7 Å². The second-order valence-electron chi connectivity index (χ2n) is 9.16. The molecule has 3 aromatic rings. The van der Waals surface area contributed by atoms with Crippen LogP contribution in [0.3, 0.4) is 0 Å². The van der Waals surface area contributed by atoms with E-state index in [0.717, 1.165) is 35.5 Å². The van der Waals surface area contributed by atoms with Gasteiger partial charge in [0.25, 0.3) is 11.8 Å². The largest absolute Gasteiger partial charge is 0.497 e. The van der Waals surface area contributed by atoms with E-state index in [9.17, 15) is 14.4 Å². The summed E-state index contributed by atoms with van der Waals surface area (Å²) < 4.78 is 15.0. The quantitative estimate of drug-likeness (QED) is 0.379. The molecule has 2 heterocycles. The number of benzene rings is 2. The van der Waals surface area contributed by atoms with Gasteiger partial charge in [-0.05, 0) is 67.5 Å². The number of ether oxygens (including phenoxy) is 2. The van der Waals surface area contributed by atoms with Gasteiger partial charge in [-0.15, -0.1) is 0 Å². The van der Waals surface area contributed by atoms with Crippen LogP contribution in [-0.4, -0.2) is 48.5 Å². The highest BCUT2D eigenvalue weighted by atomic mass is 32.1. The Hall–Kier alpha value is -3.96. The molecule has 0 aliphatic carbocycles. The lowest BCUT2D eigenvalue weighted by Gasteiger charge is -2.32. The Bertz CT molecular complexity index is 1330. The predicted molar refractivity (Wildman–Crippen MR) is 145 cm³/mol. The van der Waals surface area contributed by atoms with Gasteiger partial charge < -0.3 is 26.3 Å². The van der Waals surface area contributed by atoms with Crippen molar-refractivity contribution in [1.29, 1.82) is 0 Å². The first-order chi connectivity index (χ1) is 18.2. The normalized spacial score (nSPS) is 15.6. The van der Waals surface area contributed by atoms with Crippen LogP contribution in [0.4, 0.5) is 11.4 Å². The minimum Gasteiger partial charge on any atom is -0.497 e. The van der Waals surface area contributed by atoms with E-state index < -0.39 is 23.8 Å². The molecule has 1 fully saturated rings. The smallest absolute Gasteiger partial charge is 0.273 e. The van der Waals surface area contributed by atoms with Crippen molar-refractivity contribution in [3.63, 3.8) is 0 Å². The Labute approximate surface area is 225 Å². The maximum atomic E-state index is 14.2. The number of hydrogen-bond donors (Lipinski definition) is 3. The number of nitrogen functional groups attached to an aromatic ring is 1. The lowest BCUT2D eigenvalue weighted by molar-refractivity contribution is -0.123. The number of primary amides is 1. The van der Waals surface area contributed by atoms with E-state index in [2.05, 4.69) is 9.69 Å². The van der Waals surface area contributed by atoms with Gasteiger partial charge in [0, 0.05) is 18.8 Å². The van der Waals surface area contributed by atoms with Crippen LogP contribution in [0, 0.1) is 13.8 Å². The van der Waals surface area contributed by atoms with Gasteiger partial charge in [-0.3, -0.25) is 19.3 Å². The molecule has 2 aromatic carbocycles. The molecule has 0 spiro atoms. The van der Waals surface area contributed by atoms with Gasteiger partial charge in [0.1, 0.15) is 16.7 Å². The summed E-state index contributed by atoms with van der Waals surface area (Å²) in [4.78, 5) is 41.3. The van der Waals surface area contributed by atoms with Crippen molar-refractivity contribution in [2.24, 2.45) is 5.73 Å². The average molecular weight is 538 g/mol. The molecule has 2 atom stereocenters. The first-order valence-corrected chi connectivity index (χ1v) is 13.0. The summed E-state index contributed by atoms with van der Waals surface area (Å²) in [5.74, 6) is -1.20. The van der Waals surface area contributed by atoms with Crippen LogP contribution in [-0.2, 0) is 9.53 Å². The van der Waals surface area contributed by atoms with Crippen molar-refractivity contribution in [3.8, 4) is 5.75 Å². The third-order valence-corrected chi connectivity index (χ3v) is 7.30. The molecular formula is C27H31N5O5S. The Kier molecular flexibility index (Phi) is 8.28. The highest BCUT2D eigenvalue weighted by Crippen LogP contribution is 2.35. The van der Waals surface area contributed by atoms with Crippen LogP contribution in [0.25, 0.3) is 0 Å². The number of carbonyl (C=O) groups excluding carboxylic acids is 3. The molecule has 4 rings (SSSR count). The minimum absolute atomic E-state index is 0.0178. The Morgan fingerprint density at radius 2 is 1.95 bits per heavy atom. The number of carbonyl (C=O) groups is 3. The van der Waals surface area contributed by atoms with E-state index in [0.29, 0.717) is 30.2 Å². The molecule has 11 heteroatoms. The second-order valence-corrected chi connectivity index (χ2v) is 9.93. The number of nitrogens with one attached hydrogen (secondary N) is 1. The molecule has 3 amide bonds. The van der Waals surface area contributed by atoms with E-state index in [1.54, 1.807) is 37.4 Å². The van der Waals surface area contributed by atoms with Crippen LogP contribution in [0.2, 0.25) is 0 Å². The molecule has 0 saturated carbocycles. The van der Waals surface area contributed by atoms with E-state index in [1.165, 1.54) is 4.90 Å². The van der Waals surface area contributed by atoms with Gasteiger partial charge in [0.05, 0.1) is 18.9 Å². The molecule has 200 valence electrons. The van der Waals surface area contributed by atoms with Crippen LogP contribution in [0.5, 0.6) is 5.75 Å². The van der Waals surface area contributed by atoms with E-state index in [4.69, 9.17) is 20.9 Å². The predicted octanol–water partition coefficient (Wildman–Crippen LogP) is 3.13. The fourth-order valence-electron chi connectivity index (χ4n) is 4.50. The third kappa shape index (κ3) is 5.63. The van der Waals surface area contributed by atoms with Gasteiger partial charge >= 0.3 is 0 Å². The van der Waals surface area contributed by atoms with Gasteiger partial charge in [0.2, 0.25) is 5.91 Å². The third-order valence-electron chi connectivity index (χ3n) is 6.45. The van der Waals surface area contributed by atoms with Crippen molar-refractivity contribution in [2.75, 3.05) is 30.9 Å². The lowest BCUT2D eigenvalue weighted by Crippen LogP contribution is -2.46. The zero-order chi connectivity index (χ0) is 27.4. The zero-order valence-corrected chi connectivity index (χ0v) is 22.3. The van der Waals surface area contributed by atoms with Gasteiger partial charge in [-0.2, -0.15) is 4.37 Å². The van der Waals surface area contributed by atoms with Crippen LogP contribution < -0.4 is 26.4 Å². The minimum atomic E-state index is -1.07. The molecule has 10 nitrogen and oxygen atoms in total. The second kappa shape index (κ2) is 11.6. The molecule has 0 radical (unpaired) electrons. The summed E-state index contributed by atoms with van der Waals surface area (Å²) in [6, 6.07) is 11.4. The standard InChI is InChI=1S/C27H31N5O5S/c1-15-6-11-20(16(2)13-15)32(27(35)24-21(28)22(25(29)33)31-38-24)23(17-7-9-18(36-3)10-8-17)26(34)30-14-19-5-4-12-37-19/h6-11,13,19,23H,4-5,12,14,28H2,1-3H3,(H2,29,33)(H,30,34). The van der Waals surface area contributed by atoms with E-state index >= 15 is 0 Å². The summed E-state index contributed by atoms with van der Waals surface area (Å²) in [7, 11) is 1.55. The fraction of sp³-hybridized carbons (Fsp3) is 0.333. The molecule has 38 heavy (non-hydrogen) atoms. The summed E-state index contributed by atoms with van der Waals surface area (Å²) in [6.45, 7) is 4.78. The van der Waals surface area contributed by atoms with E-state index in [-0.39, 0.29) is 22.4 Å². The number of aromatic nitrogens is 1. The van der Waals surface area contributed by atoms with Crippen molar-refractivity contribution in [1.82, 2.24) is 9.69 Å². The maximum absolute atomic E-state index is 14.2. The maximum Gasteiger partial charge on any atom is 0.273 e. The Morgan fingerprint density at radius 3 is 2.53 bits per heavy atom. The summed E-state index contributed by atoms with van der Waals surface area (Å²) >= 11 is 0.770. The highest BCUT2D eigenvalue weighted by Gasteiger charge is 2.37. The molecule has 5 N–H and O–H groups in total. The lowest BCUT2D eigenvalue weighted by atomic mass is 10.00.